The number of Topliss-reactive ketones (excluding diaryl/α,β-unsaturated/α-hetero) is 1. The van der Waals surface area contributed by atoms with Crippen LogP contribution in [0.5, 0.6) is 0 Å². The van der Waals surface area contributed by atoms with E-state index in [1.54, 1.807) is 34.8 Å². The normalized spacial score (nSPS) is 13.6. The smallest absolute Gasteiger partial charge is 0.357 e. The summed E-state index contributed by atoms with van der Waals surface area (Å²) in [7, 11) is 0. The molecule has 0 unspecified atom stereocenters. The molecule has 6 N–H and O–H groups in total. The van der Waals surface area contributed by atoms with Crippen LogP contribution in [0, 0.1) is 0 Å². The molecule has 4 aromatic carbocycles. The Labute approximate surface area is 350 Å². The number of carbonyl (C=O) groups excluding carboxylic acids is 1. The summed E-state index contributed by atoms with van der Waals surface area (Å²) >= 11 is 3.11. The molecule has 2 aliphatic carbocycles. The summed E-state index contributed by atoms with van der Waals surface area (Å²) in [6, 6.07) is 27.2. The highest BCUT2D eigenvalue weighted by molar-refractivity contribution is 7.22. The van der Waals surface area contributed by atoms with E-state index in [-0.39, 0.29) is 36.4 Å². The molecule has 0 radical (unpaired) electrons. The number of benzene rings is 4. The number of hydrogen-bond donors (Lipinski definition) is 5. The highest BCUT2D eigenvalue weighted by Crippen LogP contribution is 2.31. The molecule has 15 nitrogen and oxygen atoms in total. The first kappa shape index (κ1) is 41.1. The molecule has 0 spiro atoms. The maximum atomic E-state index is 11.8. The van der Waals surface area contributed by atoms with Crippen molar-refractivity contribution >= 4 is 76.8 Å². The summed E-state index contributed by atoms with van der Waals surface area (Å²) in [5.41, 5.74) is 13.6. The molecule has 4 aromatic heterocycles. The molecule has 2 aliphatic rings. The lowest BCUT2D eigenvalue weighted by Crippen LogP contribution is -2.13. The van der Waals surface area contributed by atoms with Gasteiger partial charge in [0.1, 0.15) is 12.5 Å². The summed E-state index contributed by atoms with van der Waals surface area (Å²) in [5, 5.41) is 24.0. The van der Waals surface area contributed by atoms with E-state index >= 15 is 0 Å². The predicted molar refractivity (Wildman–Crippen MR) is 232 cm³/mol. The van der Waals surface area contributed by atoms with Gasteiger partial charge in [-0.1, -0.05) is 66.5 Å². The number of oxazole rings is 2. The van der Waals surface area contributed by atoms with Gasteiger partial charge in [-0.2, -0.15) is 5.10 Å². The first-order valence-corrected chi connectivity index (χ1v) is 20.0. The van der Waals surface area contributed by atoms with Gasteiger partial charge >= 0.3 is 11.9 Å². The van der Waals surface area contributed by atoms with Gasteiger partial charge in [-0.3, -0.25) is 15.6 Å². The number of aromatic nitrogens is 4. The van der Waals surface area contributed by atoms with Gasteiger partial charge in [0.25, 0.3) is 0 Å². The van der Waals surface area contributed by atoms with Gasteiger partial charge in [-0.15, -0.1) is 0 Å². The third kappa shape index (κ3) is 9.13. The number of hydrazine groups is 1. The van der Waals surface area contributed by atoms with Gasteiger partial charge in [0, 0.05) is 28.7 Å². The molecule has 0 bridgehead atoms. The fourth-order valence-corrected chi connectivity index (χ4v) is 8.22. The third-order valence-electron chi connectivity index (χ3n) is 9.48. The number of carboxylic acids is 2. The second-order valence-corrected chi connectivity index (χ2v) is 15.4. The van der Waals surface area contributed by atoms with E-state index in [0.717, 1.165) is 97.7 Å². The minimum atomic E-state index is -1.14. The molecule has 60 heavy (non-hydrogen) atoms. The van der Waals surface area contributed by atoms with E-state index in [2.05, 4.69) is 35.9 Å². The first-order valence-electron chi connectivity index (χ1n) is 18.4. The van der Waals surface area contributed by atoms with Crippen molar-refractivity contribution in [1.29, 1.82) is 0 Å². The molecular weight excluding hydrogens is 805 g/mol. The van der Waals surface area contributed by atoms with E-state index in [9.17, 15) is 14.4 Å². The SMILES string of the molecule is C.NNc1nc2ccccc2s1.O=C(O)c1coc(-c2ccc3c(c2)/C(=N/Nc2nc4ccccc4s2)CCC3)n1.O=C(O)c1coc(-c2ccc3c(c2)C(=O)CCC3)n1. The number of fused-ring (bicyclic) bond motifs is 4. The van der Waals surface area contributed by atoms with Crippen LogP contribution in [0.4, 0.5) is 10.3 Å². The third-order valence-corrected chi connectivity index (χ3v) is 11.4. The number of carbonyl (C=O) groups is 3. The van der Waals surface area contributed by atoms with Crippen LogP contribution in [-0.2, 0) is 12.8 Å². The van der Waals surface area contributed by atoms with Crippen molar-refractivity contribution in [2.75, 3.05) is 10.9 Å². The number of aryl methyl sites for hydroxylation is 2. The highest BCUT2D eigenvalue weighted by atomic mass is 32.1. The average molecular weight is 843 g/mol. The number of anilines is 2. The number of nitrogens with two attached hydrogens (primary N) is 1. The quantitative estimate of drug-likeness (QED) is 0.0743. The van der Waals surface area contributed by atoms with Crippen LogP contribution in [0.3, 0.4) is 0 Å². The van der Waals surface area contributed by atoms with E-state index in [0.29, 0.717) is 17.5 Å². The van der Waals surface area contributed by atoms with Crippen molar-refractivity contribution in [2.24, 2.45) is 10.9 Å². The molecule has 17 heteroatoms. The number of para-hydroxylation sites is 2. The van der Waals surface area contributed by atoms with Crippen LogP contribution in [0.1, 0.15) is 81.1 Å². The fraction of sp³-hybridized carbons (Fsp3) is 0.163. The van der Waals surface area contributed by atoms with Crippen molar-refractivity contribution in [1.82, 2.24) is 19.9 Å². The first-order chi connectivity index (χ1) is 28.7. The van der Waals surface area contributed by atoms with Crippen molar-refractivity contribution in [3.63, 3.8) is 0 Å². The summed E-state index contributed by atoms with van der Waals surface area (Å²) in [5.74, 6) is 3.59. The van der Waals surface area contributed by atoms with Crippen LogP contribution >= 0.6 is 22.7 Å². The molecule has 0 atom stereocenters. The second-order valence-electron chi connectivity index (χ2n) is 13.3. The van der Waals surface area contributed by atoms with Crippen molar-refractivity contribution in [2.45, 2.75) is 46.0 Å². The molecule has 304 valence electrons. The second kappa shape index (κ2) is 18.2. The van der Waals surface area contributed by atoms with Crippen LogP contribution in [0.25, 0.3) is 43.3 Å². The molecule has 0 amide bonds. The highest BCUT2D eigenvalue weighted by Gasteiger charge is 2.21. The average Bonchev–Trinajstić information content (AvgIpc) is 4.09. The van der Waals surface area contributed by atoms with Gasteiger partial charge in [0.05, 0.1) is 26.1 Å². The van der Waals surface area contributed by atoms with Crippen LogP contribution in [0.15, 0.2) is 111 Å². The standard InChI is InChI=1S/C21H16N4O3S.C14H11NO4.C7H7N3S.CH4/c26-20(27)17-11-28-19(22-17)13-9-8-12-4-3-6-15(14(12)10-13)24-25-21-23-16-5-1-2-7-18(16)29-21;16-12-3-1-2-8-4-5-9(6-10(8)12)13-15-11(7-19-13)14(17)18;8-10-7-9-5-3-1-2-4-6(5)11-7;/h1-2,5,7-11H,3-4,6H2,(H,23,25)(H,26,27);4-7H,1-3H2,(H,17,18);1-4H,8H2,(H,9,10);1H4/b24-15+;;;. The van der Waals surface area contributed by atoms with Gasteiger partial charge in [-0.05, 0) is 91.8 Å². The maximum Gasteiger partial charge on any atom is 0.357 e. The van der Waals surface area contributed by atoms with Gasteiger partial charge in [0.2, 0.25) is 16.9 Å². The predicted octanol–water partition coefficient (Wildman–Crippen LogP) is 9.58. The zero-order valence-corrected chi connectivity index (χ0v) is 32.7. The van der Waals surface area contributed by atoms with Crippen LogP contribution < -0.4 is 16.7 Å². The van der Waals surface area contributed by atoms with Gasteiger partial charge in [0.15, 0.2) is 22.3 Å². The number of nitrogens with zero attached hydrogens (tertiary/aromatic N) is 5. The molecule has 10 rings (SSSR count). The van der Waals surface area contributed by atoms with Crippen LogP contribution in [0.2, 0.25) is 0 Å². The number of thiazole rings is 2. The van der Waals surface area contributed by atoms with Gasteiger partial charge < -0.3 is 19.0 Å². The molecule has 0 saturated heterocycles. The number of rotatable bonds is 7. The molecule has 0 saturated carbocycles. The van der Waals surface area contributed by atoms with E-state index in [1.165, 1.54) is 5.56 Å². The Hall–Kier alpha value is -7.08. The minimum absolute atomic E-state index is 0. The van der Waals surface area contributed by atoms with E-state index in [1.807, 2.05) is 72.8 Å². The fourth-order valence-electron chi connectivity index (χ4n) is 6.63. The summed E-state index contributed by atoms with van der Waals surface area (Å²) in [4.78, 5) is 50.3. The number of aromatic carboxylic acids is 2. The van der Waals surface area contributed by atoms with E-state index in [4.69, 9.17) is 24.9 Å². The molecule has 4 heterocycles. The molecule has 8 aromatic rings. The zero-order chi connectivity index (χ0) is 40.9. The lowest BCUT2D eigenvalue weighted by molar-refractivity contribution is 0.0679. The van der Waals surface area contributed by atoms with Crippen molar-refractivity contribution in [3.8, 4) is 22.9 Å². The van der Waals surface area contributed by atoms with Crippen molar-refractivity contribution in [3.05, 3.63) is 131 Å². The molecule has 0 fully saturated rings. The topological polar surface area (TPSA) is 232 Å². The number of carboxylic acid groups (broad SMARTS) is 2. The lowest BCUT2D eigenvalue weighted by atomic mass is 9.89. The maximum absolute atomic E-state index is 11.8. The lowest BCUT2D eigenvalue weighted by Gasteiger charge is -2.18. The number of hydrazone groups is 1. The summed E-state index contributed by atoms with van der Waals surface area (Å²) < 4.78 is 12.7. The number of nitrogens with one attached hydrogen (secondary N) is 2. The van der Waals surface area contributed by atoms with Crippen LogP contribution in [-0.4, -0.2) is 53.6 Å². The van der Waals surface area contributed by atoms with Crippen molar-refractivity contribution < 1.29 is 33.4 Å². The molecule has 0 aliphatic heterocycles. The Kier molecular flexibility index (Phi) is 12.5. The molecular formula is C43H38N8O7S2. The Balaban J connectivity index is 0.000000150. The summed E-state index contributed by atoms with van der Waals surface area (Å²) in [6.45, 7) is 0. The van der Waals surface area contributed by atoms with E-state index < -0.39 is 11.9 Å². The summed E-state index contributed by atoms with van der Waals surface area (Å²) in [6.07, 6.45) is 7.43. The van der Waals surface area contributed by atoms with Gasteiger partial charge in [-0.25, -0.2) is 35.4 Å². The number of nitrogen functional groups attached to an aromatic ring is 1. The Bertz CT molecular complexity index is 2810. The Morgan fingerprint density at radius 1 is 0.667 bits per heavy atom. The zero-order valence-electron chi connectivity index (χ0n) is 31.0. The Morgan fingerprint density at radius 3 is 1.73 bits per heavy atom. The number of ketones is 1. The minimum Gasteiger partial charge on any atom is -0.476 e. The number of hydrogen-bond acceptors (Lipinski definition) is 15. The Morgan fingerprint density at radius 2 is 1.18 bits per heavy atom. The monoisotopic (exact) mass is 842 g/mol. The largest absolute Gasteiger partial charge is 0.476 e.